The van der Waals surface area contributed by atoms with E-state index >= 15 is 0 Å². The summed E-state index contributed by atoms with van der Waals surface area (Å²) in [6.45, 7) is 4.06. The van der Waals surface area contributed by atoms with Crippen molar-refractivity contribution in [3.05, 3.63) is 16.3 Å². The summed E-state index contributed by atoms with van der Waals surface area (Å²) in [5, 5.41) is 6.29. The van der Waals surface area contributed by atoms with Gasteiger partial charge in [0.05, 0.1) is 5.39 Å². The number of thiophene rings is 1. The van der Waals surface area contributed by atoms with Gasteiger partial charge in [-0.05, 0) is 50.5 Å². The molecule has 3 heterocycles. The highest BCUT2D eigenvalue weighted by Crippen LogP contribution is 2.41. The summed E-state index contributed by atoms with van der Waals surface area (Å²) >= 11 is 1.81. The SMILES string of the molecule is Cc1nc(N2CCCC(CNS(N)(=O)=O)C2)c2c3c(sc2n1)CCC3. The molecular formula is C16H23N5O2S2. The van der Waals surface area contributed by atoms with Crippen molar-refractivity contribution in [2.45, 2.75) is 39.0 Å². The van der Waals surface area contributed by atoms with Crippen LogP contribution in [0.2, 0.25) is 0 Å². The van der Waals surface area contributed by atoms with E-state index in [1.165, 1.54) is 22.2 Å². The molecule has 7 nitrogen and oxygen atoms in total. The van der Waals surface area contributed by atoms with Gasteiger partial charge in [0.15, 0.2) is 0 Å². The van der Waals surface area contributed by atoms with Crippen molar-refractivity contribution in [1.82, 2.24) is 14.7 Å². The number of hydrogen-bond acceptors (Lipinski definition) is 6. The Morgan fingerprint density at radius 1 is 1.32 bits per heavy atom. The van der Waals surface area contributed by atoms with Crippen LogP contribution in [0.5, 0.6) is 0 Å². The molecule has 0 amide bonds. The van der Waals surface area contributed by atoms with Gasteiger partial charge < -0.3 is 4.90 Å². The van der Waals surface area contributed by atoms with Crippen LogP contribution in [0, 0.1) is 12.8 Å². The molecule has 1 aliphatic carbocycles. The fourth-order valence-electron chi connectivity index (χ4n) is 3.97. The van der Waals surface area contributed by atoms with E-state index in [2.05, 4.69) is 14.6 Å². The molecule has 9 heteroatoms. The van der Waals surface area contributed by atoms with Crippen LogP contribution in [0.4, 0.5) is 5.82 Å². The number of aryl methyl sites for hydroxylation is 3. The number of hydrogen-bond donors (Lipinski definition) is 2. The summed E-state index contributed by atoms with van der Waals surface area (Å²) in [6, 6.07) is 0. The molecule has 0 aromatic carbocycles. The lowest BCUT2D eigenvalue weighted by Crippen LogP contribution is -2.42. The lowest BCUT2D eigenvalue weighted by Gasteiger charge is -2.34. The lowest BCUT2D eigenvalue weighted by molar-refractivity contribution is 0.409. The van der Waals surface area contributed by atoms with E-state index < -0.39 is 10.2 Å². The average Bonchev–Trinajstić information content (AvgIpc) is 3.12. The first kappa shape index (κ1) is 17.1. The van der Waals surface area contributed by atoms with Gasteiger partial charge in [-0.25, -0.2) is 19.8 Å². The van der Waals surface area contributed by atoms with E-state index in [9.17, 15) is 8.42 Å². The predicted octanol–water partition coefficient (Wildman–Crippen LogP) is 1.50. The minimum atomic E-state index is -3.64. The van der Waals surface area contributed by atoms with Gasteiger partial charge in [-0.15, -0.1) is 11.3 Å². The number of aromatic nitrogens is 2. The summed E-state index contributed by atoms with van der Waals surface area (Å²) in [4.78, 5) is 14.3. The second-order valence-corrected chi connectivity index (χ2v) is 9.44. The highest BCUT2D eigenvalue weighted by atomic mass is 32.2. The summed E-state index contributed by atoms with van der Waals surface area (Å²) in [6.07, 6.45) is 5.49. The summed E-state index contributed by atoms with van der Waals surface area (Å²) in [7, 11) is -3.64. The van der Waals surface area contributed by atoms with E-state index in [0.29, 0.717) is 6.54 Å². The normalized spacial score (nSPS) is 21.0. The van der Waals surface area contributed by atoms with E-state index in [-0.39, 0.29) is 5.92 Å². The molecule has 1 atom stereocenters. The lowest BCUT2D eigenvalue weighted by atomic mass is 9.98. The Morgan fingerprint density at radius 3 is 2.96 bits per heavy atom. The molecule has 1 unspecified atom stereocenters. The second-order valence-electron chi connectivity index (χ2n) is 6.98. The highest BCUT2D eigenvalue weighted by Gasteiger charge is 2.27. The van der Waals surface area contributed by atoms with Crippen LogP contribution in [0.3, 0.4) is 0 Å². The van der Waals surface area contributed by atoms with Crippen molar-refractivity contribution in [2.24, 2.45) is 11.1 Å². The summed E-state index contributed by atoms with van der Waals surface area (Å²) in [5.74, 6) is 2.07. The molecule has 2 aromatic heterocycles. The Morgan fingerprint density at radius 2 is 2.16 bits per heavy atom. The number of nitrogens with zero attached hydrogens (tertiary/aromatic N) is 3. The highest BCUT2D eigenvalue weighted by molar-refractivity contribution is 7.87. The molecular weight excluding hydrogens is 358 g/mol. The van der Waals surface area contributed by atoms with Gasteiger partial charge in [0, 0.05) is 24.5 Å². The van der Waals surface area contributed by atoms with Crippen molar-refractivity contribution in [2.75, 3.05) is 24.5 Å². The smallest absolute Gasteiger partial charge is 0.274 e. The Bertz CT molecular complexity index is 909. The van der Waals surface area contributed by atoms with Crippen LogP contribution in [0.15, 0.2) is 0 Å². The number of piperidine rings is 1. The van der Waals surface area contributed by atoms with E-state index in [4.69, 9.17) is 10.1 Å². The number of nitrogens with two attached hydrogens (primary N) is 1. The number of rotatable bonds is 4. The minimum absolute atomic E-state index is 0.240. The van der Waals surface area contributed by atoms with E-state index in [0.717, 1.165) is 55.2 Å². The van der Waals surface area contributed by atoms with Crippen molar-refractivity contribution in [3.8, 4) is 0 Å². The molecule has 25 heavy (non-hydrogen) atoms. The van der Waals surface area contributed by atoms with Crippen molar-refractivity contribution >= 4 is 37.6 Å². The second kappa shape index (κ2) is 6.46. The largest absolute Gasteiger partial charge is 0.356 e. The van der Waals surface area contributed by atoms with E-state index in [1.807, 2.05) is 18.3 Å². The molecule has 4 rings (SSSR count). The maximum atomic E-state index is 11.2. The van der Waals surface area contributed by atoms with Gasteiger partial charge in [-0.1, -0.05) is 0 Å². The zero-order valence-corrected chi connectivity index (χ0v) is 15.9. The van der Waals surface area contributed by atoms with Crippen LogP contribution in [-0.4, -0.2) is 38.0 Å². The Hall–Kier alpha value is -1.29. The first-order valence-electron chi connectivity index (χ1n) is 8.72. The number of anilines is 1. The number of nitrogens with one attached hydrogen (secondary N) is 1. The molecule has 1 aliphatic heterocycles. The molecule has 3 N–H and O–H groups in total. The standard InChI is InChI=1S/C16H23N5O2S2/c1-10-19-15(14-12-5-2-6-13(12)24-16(14)20-10)21-7-3-4-11(9-21)8-18-25(17,22)23/h11,18H,2-9H2,1H3,(H2,17,22,23). The molecule has 1 saturated heterocycles. The van der Waals surface area contributed by atoms with Gasteiger partial charge in [0.2, 0.25) is 0 Å². The van der Waals surface area contributed by atoms with Crippen molar-refractivity contribution in [3.63, 3.8) is 0 Å². The summed E-state index contributed by atoms with van der Waals surface area (Å²) < 4.78 is 24.8. The fourth-order valence-corrected chi connectivity index (χ4v) is 5.74. The Balaban J connectivity index is 1.64. The van der Waals surface area contributed by atoms with Gasteiger partial charge in [-0.3, -0.25) is 0 Å². The fraction of sp³-hybridized carbons (Fsp3) is 0.625. The molecule has 1 fully saturated rings. The maximum Gasteiger partial charge on any atom is 0.274 e. The summed E-state index contributed by atoms with van der Waals surface area (Å²) in [5.41, 5.74) is 1.43. The molecule has 2 aliphatic rings. The first-order chi connectivity index (χ1) is 11.9. The van der Waals surface area contributed by atoms with Crippen molar-refractivity contribution in [1.29, 1.82) is 0 Å². The van der Waals surface area contributed by atoms with E-state index in [1.54, 1.807) is 0 Å². The molecule has 136 valence electrons. The molecule has 0 bridgehead atoms. The van der Waals surface area contributed by atoms with Gasteiger partial charge in [0.1, 0.15) is 16.5 Å². The van der Waals surface area contributed by atoms with Gasteiger partial charge in [0.25, 0.3) is 10.2 Å². The van der Waals surface area contributed by atoms with Crippen molar-refractivity contribution < 1.29 is 8.42 Å². The maximum absolute atomic E-state index is 11.2. The average molecular weight is 382 g/mol. The zero-order chi connectivity index (χ0) is 17.6. The first-order valence-corrected chi connectivity index (χ1v) is 11.1. The third-order valence-corrected chi connectivity index (χ3v) is 6.80. The monoisotopic (exact) mass is 381 g/mol. The molecule has 0 spiro atoms. The molecule has 0 radical (unpaired) electrons. The van der Waals surface area contributed by atoms with Crippen LogP contribution in [-0.2, 0) is 23.1 Å². The Kier molecular flexibility index (Phi) is 4.43. The number of fused-ring (bicyclic) bond motifs is 3. The molecule has 2 aromatic rings. The van der Waals surface area contributed by atoms with Crippen LogP contribution < -0.4 is 14.8 Å². The zero-order valence-electron chi connectivity index (χ0n) is 14.3. The Labute approximate surface area is 151 Å². The van der Waals surface area contributed by atoms with Gasteiger partial charge in [-0.2, -0.15) is 8.42 Å². The molecule has 0 saturated carbocycles. The van der Waals surface area contributed by atoms with Crippen LogP contribution >= 0.6 is 11.3 Å². The third-order valence-electron chi connectivity index (χ3n) is 5.05. The minimum Gasteiger partial charge on any atom is -0.356 e. The van der Waals surface area contributed by atoms with Crippen LogP contribution in [0.25, 0.3) is 10.2 Å². The van der Waals surface area contributed by atoms with Gasteiger partial charge >= 0.3 is 0 Å². The third kappa shape index (κ3) is 3.51. The predicted molar refractivity (Wildman–Crippen MR) is 100 cm³/mol. The van der Waals surface area contributed by atoms with Crippen LogP contribution in [0.1, 0.15) is 35.5 Å². The topological polar surface area (TPSA) is 101 Å². The quantitative estimate of drug-likeness (QED) is 0.836.